The molecule has 1 unspecified atom stereocenters. The molecule has 150 valence electrons. The highest BCUT2D eigenvalue weighted by Crippen LogP contribution is 2.46. The van der Waals surface area contributed by atoms with E-state index in [-0.39, 0.29) is 24.9 Å². The minimum atomic E-state index is -0.841. The van der Waals surface area contributed by atoms with Crippen LogP contribution in [0.3, 0.4) is 0 Å². The van der Waals surface area contributed by atoms with Gasteiger partial charge in [0.15, 0.2) is 5.78 Å². The van der Waals surface area contributed by atoms with Gasteiger partial charge in [0.1, 0.15) is 5.92 Å². The molecule has 0 aromatic carbocycles. The molecule has 28 heavy (non-hydrogen) atoms. The number of aliphatic imine (C=N–C) groups is 1. The third kappa shape index (κ3) is 3.55. The summed E-state index contributed by atoms with van der Waals surface area (Å²) in [4.78, 5) is 43.3. The first-order valence-electron chi connectivity index (χ1n) is 9.58. The number of nitrogens with zero attached hydrogens (tertiary/aromatic N) is 1. The normalized spacial score (nSPS) is 27.1. The van der Waals surface area contributed by atoms with E-state index in [4.69, 9.17) is 9.47 Å². The van der Waals surface area contributed by atoms with Crippen molar-refractivity contribution in [2.75, 3.05) is 13.2 Å². The number of hydrogen-bond acceptors (Lipinski definition) is 7. The number of fused-ring (bicyclic) bond motifs is 1. The Bertz CT molecular complexity index is 839. The summed E-state index contributed by atoms with van der Waals surface area (Å²) in [7, 11) is 0. The lowest BCUT2D eigenvalue weighted by Gasteiger charge is -2.39. The molecular weight excluding hydrogens is 378 g/mol. The molecule has 1 aromatic rings. The maximum Gasteiger partial charge on any atom is 0.336 e. The Morgan fingerprint density at radius 2 is 1.93 bits per heavy atom. The lowest BCUT2D eigenvalue weighted by molar-refractivity contribution is -0.154. The van der Waals surface area contributed by atoms with E-state index < -0.39 is 29.7 Å². The van der Waals surface area contributed by atoms with Crippen LogP contribution in [0.15, 0.2) is 33.1 Å². The molecule has 1 aliphatic carbocycles. The molecule has 1 aliphatic heterocycles. The number of esters is 2. The summed E-state index contributed by atoms with van der Waals surface area (Å²) in [6.45, 7) is 7.59. The van der Waals surface area contributed by atoms with Crippen LogP contribution in [0.4, 0.5) is 0 Å². The summed E-state index contributed by atoms with van der Waals surface area (Å²) >= 11 is 1.50. The molecule has 2 aliphatic rings. The van der Waals surface area contributed by atoms with Gasteiger partial charge in [0.25, 0.3) is 0 Å². The summed E-state index contributed by atoms with van der Waals surface area (Å²) in [6.07, 6.45) is 0.522. The Kier molecular flexibility index (Phi) is 6.13. The molecule has 0 bridgehead atoms. The van der Waals surface area contributed by atoms with Gasteiger partial charge in [-0.3, -0.25) is 14.6 Å². The van der Waals surface area contributed by atoms with Gasteiger partial charge in [0.05, 0.1) is 24.7 Å². The molecular formula is C21H25NO5S. The molecule has 7 heteroatoms. The highest BCUT2D eigenvalue weighted by atomic mass is 32.1. The van der Waals surface area contributed by atoms with Crippen LogP contribution in [0.1, 0.15) is 45.6 Å². The van der Waals surface area contributed by atoms with Gasteiger partial charge in [0.2, 0.25) is 0 Å². The van der Waals surface area contributed by atoms with Gasteiger partial charge in [-0.2, -0.15) is 11.3 Å². The Morgan fingerprint density at radius 3 is 2.54 bits per heavy atom. The number of ether oxygens (including phenoxy) is 2. The van der Waals surface area contributed by atoms with Crippen LogP contribution in [0.2, 0.25) is 0 Å². The third-order valence-electron chi connectivity index (χ3n) is 5.36. The molecule has 1 saturated carbocycles. The molecule has 2 heterocycles. The number of thiophene rings is 1. The standard InChI is InChI=1S/C21H25NO5S/c1-5-26-20(24)15-11(3)9-14-18(19(15)23)17(13-7-8-28-10-13)16(12(4)22-14)21(25)27-6-2/h7-8,10-11,15,17-18H,5-6,9H2,1-4H3/t11-,15-,17+,18?/m0/s1. The summed E-state index contributed by atoms with van der Waals surface area (Å²) < 4.78 is 10.4. The van der Waals surface area contributed by atoms with Gasteiger partial charge in [-0.25, -0.2) is 4.79 Å². The van der Waals surface area contributed by atoms with Crippen molar-refractivity contribution >= 4 is 34.8 Å². The molecule has 4 atom stereocenters. The second-order valence-corrected chi connectivity index (χ2v) is 7.93. The largest absolute Gasteiger partial charge is 0.465 e. The molecule has 0 saturated heterocycles. The van der Waals surface area contributed by atoms with E-state index in [1.807, 2.05) is 23.8 Å². The monoisotopic (exact) mass is 403 g/mol. The molecule has 1 fully saturated rings. The quantitative estimate of drug-likeness (QED) is 0.555. The van der Waals surface area contributed by atoms with Crippen LogP contribution in [0.25, 0.3) is 0 Å². The smallest absolute Gasteiger partial charge is 0.336 e. The fourth-order valence-corrected chi connectivity index (χ4v) is 4.92. The number of carbonyl (C=O) groups is 3. The number of Topliss-reactive ketones (excluding diaryl/α,β-unsaturated/α-hetero) is 1. The topological polar surface area (TPSA) is 82.0 Å². The Morgan fingerprint density at radius 1 is 1.21 bits per heavy atom. The second-order valence-electron chi connectivity index (χ2n) is 7.15. The average molecular weight is 404 g/mol. The number of hydrogen-bond donors (Lipinski definition) is 0. The second kappa shape index (κ2) is 8.39. The highest BCUT2D eigenvalue weighted by molar-refractivity contribution is 7.08. The molecule has 0 N–H and O–H groups in total. The van der Waals surface area contributed by atoms with E-state index in [0.29, 0.717) is 17.7 Å². The van der Waals surface area contributed by atoms with Crippen molar-refractivity contribution in [1.82, 2.24) is 0 Å². The summed E-state index contributed by atoms with van der Waals surface area (Å²) in [5.74, 6) is -3.35. The molecule has 0 amide bonds. The van der Waals surface area contributed by atoms with E-state index in [0.717, 1.165) is 11.3 Å². The molecule has 0 radical (unpaired) electrons. The molecule has 6 nitrogen and oxygen atoms in total. The van der Waals surface area contributed by atoms with E-state index in [9.17, 15) is 14.4 Å². The first kappa shape index (κ1) is 20.5. The number of allylic oxidation sites excluding steroid dienone is 1. The van der Waals surface area contributed by atoms with Gasteiger partial charge in [-0.15, -0.1) is 0 Å². The minimum absolute atomic E-state index is 0.193. The van der Waals surface area contributed by atoms with Gasteiger partial charge >= 0.3 is 11.9 Å². The van der Waals surface area contributed by atoms with E-state index in [1.165, 1.54) is 11.3 Å². The van der Waals surface area contributed by atoms with Crippen LogP contribution in [0.5, 0.6) is 0 Å². The summed E-state index contributed by atoms with van der Waals surface area (Å²) in [5, 5.41) is 3.85. The summed E-state index contributed by atoms with van der Waals surface area (Å²) in [5.41, 5.74) is 2.59. The van der Waals surface area contributed by atoms with Gasteiger partial charge in [-0.1, -0.05) is 6.92 Å². The van der Waals surface area contributed by atoms with Crippen LogP contribution < -0.4 is 0 Å². The zero-order chi connectivity index (χ0) is 20.4. The Labute approximate surface area is 168 Å². The van der Waals surface area contributed by atoms with E-state index in [2.05, 4.69) is 4.99 Å². The molecule has 3 rings (SSSR count). The van der Waals surface area contributed by atoms with Crippen molar-refractivity contribution in [2.45, 2.75) is 40.0 Å². The fraction of sp³-hybridized carbons (Fsp3) is 0.524. The van der Waals surface area contributed by atoms with Gasteiger partial charge in [0, 0.05) is 17.3 Å². The zero-order valence-corrected chi connectivity index (χ0v) is 17.4. The van der Waals surface area contributed by atoms with Crippen LogP contribution >= 0.6 is 11.3 Å². The number of ketones is 1. The van der Waals surface area contributed by atoms with Crippen LogP contribution in [-0.4, -0.2) is 36.6 Å². The van der Waals surface area contributed by atoms with Crippen molar-refractivity contribution in [3.8, 4) is 0 Å². The predicted octanol–water partition coefficient (Wildman–Crippen LogP) is 3.53. The van der Waals surface area contributed by atoms with E-state index >= 15 is 0 Å². The van der Waals surface area contributed by atoms with Crippen molar-refractivity contribution in [1.29, 1.82) is 0 Å². The SMILES string of the molecule is CCOC(=O)C1=C(C)N=C2C[C@H](C)[C@H](C(=O)OCC)C(=O)C2[C@@H]1c1ccsc1. The van der Waals surface area contributed by atoms with Crippen molar-refractivity contribution in [3.63, 3.8) is 0 Å². The van der Waals surface area contributed by atoms with Gasteiger partial charge in [-0.05, 0) is 55.5 Å². The number of rotatable bonds is 5. The highest BCUT2D eigenvalue weighted by Gasteiger charge is 2.51. The van der Waals surface area contributed by atoms with Gasteiger partial charge < -0.3 is 9.47 Å². The van der Waals surface area contributed by atoms with E-state index in [1.54, 1.807) is 20.8 Å². The van der Waals surface area contributed by atoms with Crippen LogP contribution in [-0.2, 0) is 23.9 Å². The zero-order valence-electron chi connectivity index (χ0n) is 16.6. The molecule has 0 spiro atoms. The Balaban J connectivity index is 2.10. The lowest BCUT2D eigenvalue weighted by Crippen LogP contribution is -2.48. The van der Waals surface area contributed by atoms with Crippen molar-refractivity contribution in [2.24, 2.45) is 22.7 Å². The average Bonchev–Trinajstić information content (AvgIpc) is 3.15. The maximum atomic E-state index is 13.5. The third-order valence-corrected chi connectivity index (χ3v) is 6.06. The lowest BCUT2D eigenvalue weighted by atomic mass is 9.64. The maximum absolute atomic E-state index is 13.5. The Hall–Kier alpha value is -2.28. The predicted molar refractivity (Wildman–Crippen MR) is 106 cm³/mol. The summed E-state index contributed by atoms with van der Waals surface area (Å²) in [6, 6.07) is 1.91. The van der Waals surface area contributed by atoms with Crippen molar-refractivity contribution < 1.29 is 23.9 Å². The number of carbonyl (C=O) groups excluding carboxylic acids is 3. The first-order chi connectivity index (χ1) is 13.4. The first-order valence-corrected chi connectivity index (χ1v) is 10.5. The van der Waals surface area contributed by atoms with Crippen molar-refractivity contribution in [3.05, 3.63) is 33.7 Å². The van der Waals surface area contributed by atoms with Crippen LogP contribution in [0, 0.1) is 17.8 Å². The fourth-order valence-electron chi connectivity index (χ4n) is 4.23. The minimum Gasteiger partial charge on any atom is -0.465 e. The molecule has 1 aromatic heterocycles.